The Morgan fingerprint density at radius 2 is 1.86 bits per heavy atom. The summed E-state index contributed by atoms with van der Waals surface area (Å²) >= 11 is 0. The molecule has 0 fully saturated rings. The Morgan fingerprint density at radius 3 is 2.68 bits per heavy atom. The molecular formula is C16H11FN2O3. The monoisotopic (exact) mass is 298 g/mol. The van der Waals surface area contributed by atoms with Crippen LogP contribution in [0.3, 0.4) is 0 Å². The molecule has 4 rings (SSSR count). The van der Waals surface area contributed by atoms with E-state index in [0.29, 0.717) is 22.5 Å². The van der Waals surface area contributed by atoms with E-state index >= 15 is 0 Å². The van der Waals surface area contributed by atoms with E-state index in [4.69, 9.17) is 4.84 Å². The average Bonchev–Trinajstić information content (AvgIpc) is 2.96. The Morgan fingerprint density at radius 1 is 1.09 bits per heavy atom. The van der Waals surface area contributed by atoms with E-state index in [1.165, 1.54) is 22.1 Å². The summed E-state index contributed by atoms with van der Waals surface area (Å²) in [6.45, 7) is 0. The van der Waals surface area contributed by atoms with Gasteiger partial charge in [-0.1, -0.05) is 12.1 Å². The van der Waals surface area contributed by atoms with Crippen molar-refractivity contribution in [3.8, 4) is 0 Å². The second-order valence-corrected chi connectivity index (χ2v) is 5.18. The molecule has 0 N–H and O–H groups in total. The number of amides is 1. The summed E-state index contributed by atoms with van der Waals surface area (Å²) in [6, 6.07) is 11.0. The molecule has 2 aromatic carbocycles. The predicted molar refractivity (Wildman–Crippen MR) is 76.9 cm³/mol. The first-order valence-electron chi connectivity index (χ1n) is 6.75. The SMILES string of the molecule is CN1OC(N2C(=O)C(=O)c3ccccc32)c2ccc(F)cc21. The minimum absolute atomic E-state index is 0.356. The van der Waals surface area contributed by atoms with Crippen molar-refractivity contribution in [2.24, 2.45) is 0 Å². The van der Waals surface area contributed by atoms with E-state index < -0.39 is 17.9 Å². The third-order valence-corrected chi connectivity index (χ3v) is 3.91. The maximum atomic E-state index is 13.4. The third kappa shape index (κ3) is 1.61. The highest BCUT2D eigenvalue weighted by Gasteiger charge is 2.44. The molecular weight excluding hydrogens is 287 g/mol. The molecule has 2 heterocycles. The van der Waals surface area contributed by atoms with Gasteiger partial charge in [0.05, 0.1) is 16.9 Å². The van der Waals surface area contributed by atoms with Gasteiger partial charge < -0.3 is 0 Å². The number of carbonyl (C=O) groups is 2. The first-order chi connectivity index (χ1) is 10.6. The Bertz CT molecular complexity index is 821. The molecule has 0 spiro atoms. The van der Waals surface area contributed by atoms with E-state index in [9.17, 15) is 14.0 Å². The number of rotatable bonds is 1. The van der Waals surface area contributed by atoms with Crippen LogP contribution in [0.4, 0.5) is 15.8 Å². The third-order valence-electron chi connectivity index (χ3n) is 3.91. The van der Waals surface area contributed by atoms with Crippen LogP contribution in [-0.2, 0) is 9.63 Å². The molecule has 5 nitrogen and oxygen atoms in total. The maximum absolute atomic E-state index is 13.4. The molecule has 0 saturated carbocycles. The van der Waals surface area contributed by atoms with Crippen molar-refractivity contribution in [3.63, 3.8) is 0 Å². The number of hydroxylamine groups is 1. The first kappa shape index (κ1) is 13.0. The highest BCUT2D eigenvalue weighted by molar-refractivity contribution is 6.52. The van der Waals surface area contributed by atoms with Gasteiger partial charge in [0.1, 0.15) is 5.82 Å². The van der Waals surface area contributed by atoms with Crippen LogP contribution in [0.5, 0.6) is 0 Å². The summed E-state index contributed by atoms with van der Waals surface area (Å²) in [6.07, 6.45) is -0.777. The van der Waals surface area contributed by atoms with Gasteiger partial charge in [0.25, 0.3) is 5.78 Å². The van der Waals surface area contributed by atoms with Gasteiger partial charge in [-0.25, -0.2) is 9.23 Å². The molecule has 0 saturated heterocycles. The van der Waals surface area contributed by atoms with Gasteiger partial charge in [-0.05, 0) is 30.3 Å². The lowest BCUT2D eigenvalue weighted by molar-refractivity contribution is -0.116. The number of anilines is 2. The van der Waals surface area contributed by atoms with Crippen LogP contribution in [0, 0.1) is 5.82 Å². The molecule has 6 heteroatoms. The van der Waals surface area contributed by atoms with Crippen molar-refractivity contribution in [1.82, 2.24) is 0 Å². The average molecular weight is 298 g/mol. The van der Waals surface area contributed by atoms with Crippen LogP contribution in [0.1, 0.15) is 22.1 Å². The number of hydrogen-bond donors (Lipinski definition) is 0. The van der Waals surface area contributed by atoms with Crippen LogP contribution < -0.4 is 9.96 Å². The van der Waals surface area contributed by atoms with Gasteiger partial charge in [0, 0.05) is 12.6 Å². The Hall–Kier alpha value is -2.73. The Kier molecular flexibility index (Phi) is 2.58. The summed E-state index contributed by atoms with van der Waals surface area (Å²) in [5.74, 6) is -1.59. The largest absolute Gasteiger partial charge is 0.301 e. The minimum atomic E-state index is -0.777. The van der Waals surface area contributed by atoms with Gasteiger partial charge in [0.2, 0.25) is 0 Å². The highest BCUT2D eigenvalue weighted by Crippen LogP contribution is 2.44. The molecule has 1 unspecified atom stereocenters. The fraction of sp³-hybridized carbons (Fsp3) is 0.125. The number of halogens is 1. The Labute approximate surface area is 125 Å². The van der Waals surface area contributed by atoms with Crippen LogP contribution in [0.2, 0.25) is 0 Å². The second-order valence-electron chi connectivity index (χ2n) is 5.18. The number of hydrogen-bond acceptors (Lipinski definition) is 4. The van der Waals surface area contributed by atoms with Crippen molar-refractivity contribution in [1.29, 1.82) is 0 Å². The normalized spacial score (nSPS) is 19.6. The van der Waals surface area contributed by atoms with Gasteiger partial charge >= 0.3 is 5.91 Å². The summed E-state index contributed by atoms with van der Waals surface area (Å²) in [4.78, 5) is 31.4. The zero-order chi connectivity index (χ0) is 15.4. The quantitative estimate of drug-likeness (QED) is 0.759. The number of fused-ring (bicyclic) bond motifs is 2. The number of benzene rings is 2. The molecule has 2 aromatic rings. The number of carbonyl (C=O) groups excluding carboxylic acids is 2. The lowest BCUT2D eigenvalue weighted by Crippen LogP contribution is -2.35. The molecule has 2 aliphatic heterocycles. The molecule has 0 aliphatic carbocycles. The van der Waals surface area contributed by atoms with Crippen molar-refractivity contribution in [2.45, 2.75) is 6.23 Å². The lowest BCUT2D eigenvalue weighted by atomic mass is 10.1. The van der Waals surface area contributed by atoms with Gasteiger partial charge in [-0.3, -0.25) is 19.6 Å². The molecule has 1 atom stereocenters. The number of Topliss-reactive ketones (excluding diaryl/α,β-unsaturated/α-hetero) is 1. The molecule has 2 aliphatic rings. The zero-order valence-corrected chi connectivity index (χ0v) is 11.6. The molecule has 0 radical (unpaired) electrons. The number of nitrogens with zero attached hydrogens (tertiary/aromatic N) is 2. The predicted octanol–water partition coefficient (Wildman–Crippen LogP) is 2.44. The van der Waals surface area contributed by atoms with Gasteiger partial charge in [-0.15, -0.1) is 0 Å². The highest BCUT2D eigenvalue weighted by atomic mass is 19.1. The zero-order valence-electron chi connectivity index (χ0n) is 11.6. The lowest BCUT2D eigenvalue weighted by Gasteiger charge is -2.24. The molecule has 0 aromatic heterocycles. The van der Waals surface area contributed by atoms with Crippen molar-refractivity contribution in [2.75, 3.05) is 17.0 Å². The molecule has 1 amide bonds. The molecule has 22 heavy (non-hydrogen) atoms. The Balaban J connectivity index is 1.85. The summed E-state index contributed by atoms with van der Waals surface area (Å²) in [7, 11) is 1.63. The maximum Gasteiger partial charge on any atom is 0.301 e. The van der Waals surface area contributed by atoms with E-state index in [1.54, 1.807) is 37.4 Å². The van der Waals surface area contributed by atoms with Crippen LogP contribution in [-0.4, -0.2) is 18.7 Å². The fourth-order valence-electron chi connectivity index (χ4n) is 2.89. The van der Waals surface area contributed by atoms with Gasteiger partial charge in [-0.2, -0.15) is 0 Å². The van der Waals surface area contributed by atoms with Crippen molar-refractivity contribution in [3.05, 3.63) is 59.4 Å². The van der Waals surface area contributed by atoms with E-state index in [2.05, 4.69) is 0 Å². The first-order valence-corrected chi connectivity index (χ1v) is 6.75. The standard InChI is InChI=1S/C16H11FN2O3/c1-18-13-8-9(17)6-7-11(13)16(22-18)19-12-5-3-2-4-10(12)14(20)15(19)21/h2-8,16H,1H3. The summed E-state index contributed by atoms with van der Waals surface area (Å²) in [5.41, 5.74) is 2.04. The van der Waals surface area contributed by atoms with Crippen LogP contribution in [0.25, 0.3) is 0 Å². The second kappa shape index (κ2) is 4.38. The van der Waals surface area contributed by atoms with Crippen LogP contribution in [0.15, 0.2) is 42.5 Å². The van der Waals surface area contributed by atoms with Crippen molar-refractivity contribution < 1.29 is 18.8 Å². The molecule has 110 valence electrons. The van der Waals surface area contributed by atoms with E-state index in [-0.39, 0.29) is 5.82 Å². The summed E-state index contributed by atoms with van der Waals surface area (Å²) < 4.78 is 13.4. The molecule has 0 bridgehead atoms. The minimum Gasteiger partial charge on any atom is -0.283 e. The van der Waals surface area contributed by atoms with Gasteiger partial charge in [0.15, 0.2) is 6.23 Å². The van der Waals surface area contributed by atoms with E-state index in [1.807, 2.05) is 0 Å². The summed E-state index contributed by atoms with van der Waals surface area (Å²) in [5, 5.41) is 1.40. The van der Waals surface area contributed by atoms with Crippen molar-refractivity contribution >= 4 is 23.1 Å². The smallest absolute Gasteiger partial charge is 0.283 e. The number of para-hydroxylation sites is 1. The van der Waals surface area contributed by atoms with E-state index in [0.717, 1.165) is 0 Å². The number of ketones is 1. The topological polar surface area (TPSA) is 49.9 Å². The fourth-order valence-corrected chi connectivity index (χ4v) is 2.89. The van der Waals surface area contributed by atoms with Crippen LogP contribution >= 0.6 is 0 Å².